The quantitative estimate of drug-likeness (QED) is 0.708. The first kappa shape index (κ1) is 10.6. The van der Waals surface area contributed by atoms with Crippen LogP contribution in [0.15, 0.2) is 18.2 Å². The van der Waals surface area contributed by atoms with Crippen LogP contribution in [0.3, 0.4) is 0 Å². The largest absolute Gasteiger partial charge is 0.508 e. The number of aromatic hydroxyl groups is 1. The van der Waals surface area contributed by atoms with E-state index in [-0.39, 0.29) is 11.9 Å². The Bertz CT molecular complexity index is 459. The number of phenols is 1. The van der Waals surface area contributed by atoms with Gasteiger partial charge in [-0.2, -0.15) is 0 Å². The molecule has 1 aliphatic carbocycles. The van der Waals surface area contributed by atoms with Crippen LogP contribution >= 0.6 is 0 Å². The van der Waals surface area contributed by atoms with E-state index in [0.717, 1.165) is 19.4 Å². The molecule has 2 unspecified atom stereocenters. The molecule has 0 saturated carbocycles. The average molecular weight is 232 g/mol. The van der Waals surface area contributed by atoms with Gasteiger partial charge in [0.2, 0.25) is 5.91 Å². The molecule has 0 bridgehead atoms. The van der Waals surface area contributed by atoms with Gasteiger partial charge in [-0.15, -0.1) is 0 Å². The van der Waals surface area contributed by atoms with Crippen LogP contribution in [0.4, 0.5) is 0 Å². The highest BCUT2D eigenvalue weighted by atomic mass is 16.3. The summed E-state index contributed by atoms with van der Waals surface area (Å²) in [5.41, 5.74) is 2.49. The summed E-state index contributed by atoms with van der Waals surface area (Å²) in [4.78, 5) is 11.1. The van der Waals surface area contributed by atoms with Crippen molar-refractivity contribution < 1.29 is 9.90 Å². The van der Waals surface area contributed by atoms with E-state index in [2.05, 4.69) is 10.6 Å². The van der Waals surface area contributed by atoms with E-state index < -0.39 is 0 Å². The number of hydrogen-bond donors (Lipinski definition) is 3. The van der Waals surface area contributed by atoms with E-state index in [1.807, 2.05) is 12.1 Å². The Hall–Kier alpha value is -1.55. The lowest BCUT2D eigenvalue weighted by atomic mass is 10.1. The third-order valence-corrected chi connectivity index (χ3v) is 3.62. The minimum atomic E-state index is 0.131. The highest BCUT2D eigenvalue weighted by molar-refractivity contribution is 5.78. The summed E-state index contributed by atoms with van der Waals surface area (Å²) in [5.74, 6) is 0.466. The molecular weight excluding hydrogens is 216 g/mol. The van der Waals surface area contributed by atoms with Crippen molar-refractivity contribution in [2.45, 2.75) is 31.3 Å². The Morgan fingerprint density at radius 2 is 2.29 bits per heavy atom. The second-order valence-corrected chi connectivity index (χ2v) is 4.85. The van der Waals surface area contributed by atoms with Crippen molar-refractivity contribution in [2.24, 2.45) is 0 Å². The average Bonchev–Trinajstić information content (AvgIpc) is 2.86. The Kier molecular flexibility index (Phi) is 2.52. The minimum Gasteiger partial charge on any atom is -0.508 e. The molecule has 2 atom stereocenters. The monoisotopic (exact) mass is 232 g/mol. The zero-order valence-electron chi connectivity index (χ0n) is 9.57. The normalized spacial score (nSPS) is 26.9. The zero-order valence-corrected chi connectivity index (χ0v) is 9.57. The fraction of sp³-hybridized carbons (Fsp3) is 0.462. The van der Waals surface area contributed by atoms with Crippen LogP contribution in [0.25, 0.3) is 0 Å². The Labute approximate surface area is 100 Å². The Balaban J connectivity index is 1.73. The molecule has 1 amide bonds. The van der Waals surface area contributed by atoms with E-state index in [9.17, 15) is 9.90 Å². The maximum atomic E-state index is 11.1. The first-order valence-corrected chi connectivity index (χ1v) is 6.07. The van der Waals surface area contributed by atoms with Gasteiger partial charge in [-0.3, -0.25) is 4.79 Å². The number of carbonyl (C=O) groups is 1. The number of benzene rings is 1. The van der Waals surface area contributed by atoms with Crippen molar-refractivity contribution in [3.63, 3.8) is 0 Å². The first-order chi connectivity index (χ1) is 8.22. The zero-order chi connectivity index (χ0) is 11.8. The third kappa shape index (κ3) is 2.00. The van der Waals surface area contributed by atoms with Gasteiger partial charge < -0.3 is 15.7 Å². The summed E-state index contributed by atoms with van der Waals surface area (Å²) in [6, 6.07) is 6.13. The number of fused-ring (bicyclic) bond motifs is 1. The molecule has 1 aromatic rings. The second kappa shape index (κ2) is 4.04. The molecule has 1 heterocycles. The standard InChI is InChI=1S/C13H16N2O2/c16-10-2-3-11-8(5-10)1-4-12(11)15-9-6-13(17)14-7-9/h2-3,5,9,12,15-16H,1,4,6-7H2,(H,14,17). The van der Waals surface area contributed by atoms with Gasteiger partial charge in [-0.1, -0.05) is 6.07 Å². The molecule has 3 rings (SSSR count). The maximum Gasteiger partial charge on any atom is 0.221 e. The van der Waals surface area contributed by atoms with Gasteiger partial charge in [0.1, 0.15) is 5.75 Å². The third-order valence-electron chi connectivity index (χ3n) is 3.62. The Morgan fingerprint density at radius 3 is 3.06 bits per heavy atom. The van der Waals surface area contributed by atoms with E-state index in [0.29, 0.717) is 18.2 Å². The molecule has 1 aromatic carbocycles. The van der Waals surface area contributed by atoms with Gasteiger partial charge in [0.25, 0.3) is 0 Å². The SMILES string of the molecule is O=C1CC(NC2CCc3cc(O)ccc32)CN1. The lowest BCUT2D eigenvalue weighted by molar-refractivity contribution is -0.119. The molecule has 4 nitrogen and oxygen atoms in total. The molecule has 1 fully saturated rings. The van der Waals surface area contributed by atoms with Crippen molar-refractivity contribution in [1.82, 2.24) is 10.6 Å². The molecule has 1 saturated heterocycles. The van der Waals surface area contributed by atoms with Crippen LogP contribution in [0.2, 0.25) is 0 Å². The summed E-state index contributed by atoms with van der Waals surface area (Å²) in [6.45, 7) is 0.725. The van der Waals surface area contributed by atoms with Crippen LogP contribution in [-0.4, -0.2) is 23.6 Å². The topological polar surface area (TPSA) is 61.4 Å². The number of carbonyl (C=O) groups excluding carboxylic acids is 1. The van der Waals surface area contributed by atoms with Crippen LogP contribution in [-0.2, 0) is 11.2 Å². The second-order valence-electron chi connectivity index (χ2n) is 4.85. The van der Waals surface area contributed by atoms with Crippen LogP contribution in [0.5, 0.6) is 5.75 Å². The number of amides is 1. The van der Waals surface area contributed by atoms with Crippen molar-refractivity contribution >= 4 is 5.91 Å². The van der Waals surface area contributed by atoms with Gasteiger partial charge in [0.05, 0.1) is 0 Å². The van der Waals surface area contributed by atoms with Gasteiger partial charge in [-0.25, -0.2) is 0 Å². The van der Waals surface area contributed by atoms with Crippen LogP contribution in [0.1, 0.15) is 30.0 Å². The fourth-order valence-corrected chi connectivity index (χ4v) is 2.78. The molecule has 17 heavy (non-hydrogen) atoms. The maximum absolute atomic E-state index is 11.1. The minimum absolute atomic E-state index is 0.131. The first-order valence-electron chi connectivity index (χ1n) is 6.07. The van der Waals surface area contributed by atoms with E-state index in [4.69, 9.17) is 0 Å². The summed E-state index contributed by atoms with van der Waals surface area (Å²) < 4.78 is 0. The predicted octanol–water partition coefficient (Wildman–Crippen LogP) is 0.858. The predicted molar refractivity (Wildman–Crippen MR) is 63.7 cm³/mol. The van der Waals surface area contributed by atoms with E-state index in [1.165, 1.54) is 11.1 Å². The Morgan fingerprint density at radius 1 is 1.41 bits per heavy atom. The van der Waals surface area contributed by atoms with Crippen molar-refractivity contribution in [2.75, 3.05) is 6.54 Å². The fourth-order valence-electron chi connectivity index (χ4n) is 2.78. The summed E-state index contributed by atoms with van der Waals surface area (Å²) in [6.07, 6.45) is 2.61. The highest BCUT2D eigenvalue weighted by Gasteiger charge is 2.28. The van der Waals surface area contributed by atoms with Crippen molar-refractivity contribution in [3.8, 4) is 5.75 Å². The van der Waals surface area contributed by atoms with Crippen LogP contribution in [0, 0.1) is 0 Å². The van der Waals surface area contributed by atoms with E-state index in [1.54, 1.807) is 6.07 Å². The lowest BCUT2D eigenvalue weighted by Gasteiger charge is -2.18. The van der Waals surface area contributed by atoms with Crippen molar-refractivity contribution in [1.29, 1.82) is 0 Å². The summed E-state index contributed by atoms with van der Waals surface area (Å²) in [7, 11) is 0. The molecule has 2 aliphatic rings. The molecule has 0 aromatic heterocycles. The molecular formula is C13H16N2O2. The van der Waals surface area contributed by atoms with Gasteiger partial charge in [-0.05, 0) is 36.1 Å². The number of hydrogen-bond acceptors (Lipinski definition) is 3. The molecule has 4 heteroatoms. The molecule has 3 N–H and O–H groups in total. The van der Waals surface area contributed by atoms with Gasteiger partial charge in [0.15, 0.2) is 0 Å². The molecule has 90 valence electrons. The van der Waals surface area contributed by atoms with E-state index >= 15 is 0 Å². The number of rotatable bonds is 2. The molecule has 0 spiro atoms. The van der Waals surface area contributed by atoms with Gasteiger partial charge >= 0.3 is 0 Å². The lowest BCUT2D eigenvalue weighted by Crippen LogP contribution is -2.33. The van der Waals surface area contributed by atoms with Gasteiger partial charge in [0, 0.05) is 25.0 Å². The highest BCUT2D eigenvalue weighted by Crippen LogP contribution is 2.33. The van der Waals surface area contributed by atoms with Crippen LogP contribution < -0.4 is 10.6 Å². The molecule has 1 aliphatic heterocycles. The van der Waals surface area contributed by atoms with Crippen molar-refractivity contribution in [3.05, 3.63) is 29.3 Å². The summed E-state index contributed by atoms with van der Waals surface area (Å²) >= 11 is 0. The summed E-state index contributed by atoms with van der Waals surface area (Å²) in [5, 5.41) is 15.8. The smallest absolute Gasteiger partial charge is 0.221 e. The number of aryl methyl sites for hydroxylation is 1. The molecule has 0 radical (unpaired) electrons. The number of nitrogens with one attached hydrogen (secondary N) is 2. The number of phenolic OH excluding ortho intramolecular Hbond substituents is 1.